The summed E-state index contributed by atoms with van der Waals surface area (Å²) in [4.78, 5) is 13.9. The first-order valence-electron chi connectivity index (χ1n) is 6.17. The average molecular weight is 253 g/mol. The van der Waals surface area contributed by atoms with E-state index in [2.05, 4.69) is 16.1 Å². The fraction of sp³-hybridized carbons (Fsp3) is 0.615. The number of esters is 1. The highest BCUT2D eigenvalue weighted by Crippen LogP contribution is 2.30. The molecule has 0 saturated carbocycles. The quantitative estimate of drug-likeness (QED) is 0.624. The summed E-state index contributed by atoms with van der Waals surface area (Å²) in [5.41, 5.74) is 1.56. The third-order valence-electron chi connectivity index (χ3n) is 3.06. The van der Waals surface area contributed by atoms with Gasteiger partial charge in [-0.05, 0) is 43.9 Å². The second-order valence-corrected chi connectivity index (χ2v) is 5.59. The second kappa shape index (κ2) is 6.17. The minimum absolute atomic E-state index is 0.123. The van der Waals surface area contributed by atoms with Crippen LogP contribution in [-0.4, -0.2) is 19.6 Å². The van der Waals surface area contributed by atoms with Crippen molar-refractivity contribution in [1.82, 2.24) is 5.32 Å². The number of hydrogen-bond donors (Lipinski definition) is 1. The zero-order chi connectivity index (χ0) is 12.1. The fourth-order valence-electron chi connectivity index (χ4n) is 2.15. The molecule has 4 heteroatoms. The minimum atomic E-state index is -0.123. The second-order valence-electron chi connectivity index (χ2n) is 4.37. The number of ether oxygens (including phenoxy) is 1. The Hall–Kier alpha value is -0.870. The summed E-state index contributed by atoms with van der Waals surface area (Å²) in [7, 11) is 1.43. The number of thiophene rings is 1. The highest BCUT2D eigenvalue weighted by atomic mass is 32.1. The van der Waals surface area contributed by atoms with Gasteiger partial charge in [-0.3, -0.25) is 4.79 Å². The standard InChI is InChI=1S/C13H19NO2S/c1-16-13(15)6-3-7-14-9-11-8-10-4-2-5-12(10)17-11/h8,14H,2-7,9H2,1H3. The highest BCUT2D eigenvalue weighted by Gasteiger charge is 2.14. The number of fused-ring (bicyclic) bond motifs is 1. The largest absolute Gasteiger partial charge is 0.469 e. The maximum absolute atomic E-state index is 10.9. The zero-order valence-electron chi connectivity index (χ0n) is 10.3. The molecule has 1 aliphatic rings. The minimum Gasteiger partial charge on any atom is -0.469 e. The van der Waals surface area contributed by atoms with E-state index in [1.54, 1.807) is 10.4 Å². The van der Waals surface area contributed by atoms with Crippen molar-refractivity contribution in [2.24, 2.45) is 0 Å². The Balaban J connectivity index is 1.63. The summed E-state index contributed by atoms with van der Waals surface area (Å²) < 4.78 is 4.59. The Kier molecular flexibility index (Phi) is 4.57. The van der Waals surface area contributed by atoms with Crippen molar-refractivity contribution in [2.75, 3.05) is 13.7 Å². The average Bonchev–Trinajstić information content (AvgIpc) is 2.88. The summed E-state index contributed by atoms with van der Waals surface area (Å²) in [5, 5.41) is 3.37. The lowest BCUT2D eigenvalue weighted by molar-refractivity contribution is -0.140. The SMILES string of the molecule is COC(=O)CCCNCc1cc2c(s1)CCC2. The highest BCUT2D eigenvalue weighted by molar-refractivity contribution is 7.12. The van der Waals surface area contributed by atoms with Crippen molar-refractivity contribution >= 4 is 17.3 Å². The van der Waals surface area contributed by atoms with Crippen molar-refractivity contribution in [1.29, 1.82) is 0 Å². The molecule has 3 nitrogen and oxygen atoms in total. The number of rotatable bonds is 6. The topological polar surface area (TPSA) is 38.3 Å². The van der Waals surface area contributed by atoms with Gasteiger partial charge in [0.15, 0.2) is 0 Å². The van der Waals surface area contributed by atoms with Crippen LogP contribution in [0.3, 0.4) is 0 Å². The summed E-state index contributed by atoms with van der Waals surface area (Å²) in [6.45, 7) is 1.80. The Labute approximate surface area is 106 Å². The maximum atomic E-state index is 10.9. The molecule has 0 fully saturated rings. The van der Waals surface area contributed by atoms with E-state index in [9.17, 15) is 4.79 Å². The van der Waals surface area contributed by atoms with Gasteiger partial charge in [-0.25, -0.2) is 0 Å². The van der Waals surface area contributed by atoms with Crippen LogP contribution in [-0.2, 0) is 28.9 Å². The fourth-order valence-corrected chi connectivity index (χ4v) is 3.38. The van der Waals surface area contributed by atoms with Crippen LogP contribution in [0.4, 0.5) is 0 Å². The molecule has 0 unspecified atom stereocenters. The first-order chi connectivity index (χ1) is 8.29. The molecule has 0 saturated heterocycles. The summed E-state index contributed by atoms with van der Waals surface area (Å²) >= 11 is 1.94. The number of nitrogens with one attached hydrogen (secondary N) is 1. The molecule has 0 aliphatic heterocycles. The molecule has 1 N–H and O–H groups in total. The van der Waals surface area contributed by atoms with E-state index in [-0.39, 0.29) is 5.97 Å². The molecule has 2 rings (SSSR count). The van der Waals surface area contributed by atoms with E-state index in [1.807, 2.05) is 11.3 Å². The molecule has 1 aromatic heterocycles. The Morgan fingerprint density at radius 1 is 1.53 bits per heavy atom. The van der Waals surface area contributed by atoms with Crippen LogP contribution >= 0.6 is 11.3 Å². The van der Waals surface area contributed by atoms with Crippen LogP contribution in [0.2, 0.25) is 0 Å². The molecular formula is C13H19NO2S. The predicted molar refractivity (Wildman–Crippen MR) is 69.3 cm³/mol. The first kappa shape index (κ1) is 12.6. The molecule has 0 radical (unpaired) electrons. The third-order valence-corrected chi connectivity index (χ3v) is 4.30. The molecular weight excluding hydrogens is 234 g/mol. The van der Waals surface area contributed by atoms with Crippen molar-refractivity contribution in [3.05, 3.63) is 21.4 Å². The normalized spacial score (nSPS) is 13.7. The van der Waals surface area contributed by atoms with Crippen LogP contribution in [0.15, 0.2) is 6.07 Å². The lowest BCUT2D eigenvalue weighted by atomic mass is 10.2. The van der Waals surface area contributed by atoms with Gasteiger partial charge in [0.25, 0.3) is 0 Å². The van der Waals surface area contributed by atoms with Gasteiger partial charge in [0.2, 0.25) is 0 Å². The Morgan fingerprint density at radius 2 is 2.41 bits per heavy atom. The Bertz CT molecular complexity index is 365. The molecule has 0 aromatic carbocycles. The molecule has 0 amide bonds. The molecule has 17 heavy (non-hydrogen) atoms. The van der Waals surface area contributed by atoms with Crippen LogP contribution in [0.5, 0.6) is 0 Å². The molecule has 1 aromatic rings. The van der Waals surface area contributed by atoms with E-state index in [4.69, 9.17) is 0 Å². The van der Waals surface area contributed by atoms with Crippen molar-refractivity contribution in [2.45, 2.75) is 38.6 Å². The maximum Gasteiger partial charge on any atom is 0.305 e. The van der Waals surface area contributed by atoms with Gasteiger partial charge in [0, 0.05) is 22.7 Å². The van der Waals surface area contributed by atoms with Crippen molar-refractivity contribution in [3.8, 4) is 0 Å². The van der Waals surface area contributed by atoms with E-state index in [0.717, 1.165) is 19.5 Å². The van der Waals surface area contributed by atoms with Crippen LogP contribution < -0.4 is 5.32 Å². The van der Waals surface area contributed by atoms with Crippen molar-refractivity contribution < 1.29 is 9.53 Å². The Morgan fingerprint density at radius 3 is 3.18 bits per heavy atom. The number of aryl methyl sites for hydroxylation is 2. The molecule has 1 heterocycles. The van der Waals surface area contributed by atoms with Gasteiger partial charge in [-0.1, -0.05) is 0 Å². The number of carbonyl (C=O) groups excluding carboxylic acids is 1. The molecule has 0 spiro atoms. The van der Waals surface area contributed by atoms with Gasteiger partial charge in [-0.15, -0.1) is 11.3 Å². The van der Waals surface area contributed by atoms with Gasteiger partial charge in [0.1, 0.15) is 0 Å². The van der Waals surface area contributed by atoms with Crippen LogP contribution in [0.25, 0.3) is 0 Å². The van der Waals surface area contributed by atoms with E-state index in [0.29, 0.717) is 6.42 Å². The zero-order valence-corrected chi connectivity index (χ0v) is 11.1. The van der Waals surface area contributed by atoms with Gasteiger partial charge < -0.3 is 10.1 Å². The molecule has 0 bridgehead atoms. The summed E-state index contributed by atoms with van der Waals surface area (Å²) in [5.74, 6) is -0.123. The van der Waals surface area contributed by atoms with Crippen LogP contribution in [0, 0.1) is 0 Å². The van der Waals surface area contributed by atoms with E-state index >= 15 is 0 Å². The number of methoxy groups -OCH3 is 1. The van der Waals surface area contributed by atoms with E-state index < -0.39 is 0 Å². The van der Waals surface area contributed by atoms with Gasteiger partial charge in [0.05, 0.1) is 7.11 Å². The third kappa shape index (κ3) is 3.54. The lowest BCUT2D eigenvalue weighted by Crippen LogP contribution is -2.15. The molecule has 1 aliphatic carbocycles. The lowest BCUT2D eigenvalue weighted by Gasteiger charge is -2.02. The van der Waals surface area contributed by atoms with Gasteiger partial charge in [-0.2, -0.15) is 0 Å². The van der Waals surface area contributed by atoms with Crippen molar-refractivity contribution in [3.63, 3.8) is 0 Å². The first-order valence-corrected chi connectivity index (χ1v) is 6.99. The smallest absolute Gasteiger partial charge is 0.305 e. The monoisotopic (exact) mass is 253 g/mol. The molecule has 94 valence electrons. The number of carbonyl (C=O) groups is 1. The van der Waals surface area contributed by atoms with E-state index in [1.165, 1.54) is 31.2 Å². The predicted octanol–water partition coefficient (Wildman–Crippen LogP) is 2.28. The molecule has 0 atom stereocenters. The number of hydrogen-bond acceptors (Lipinski definition) is 4. The van der Waals surface area contributed by atoms with Gasteiger partial charge >= 0.3 is 5.97 Å². The summed E-state index contributed by atoms with van der Waals surface area (Å²) in [6, 6.07) is 2.33. The summed E-state index contributed by atoms with van der Waals surface area (Å²) in [6.07, 6.45) is 5.20. The van der Waals surface area contributed by atoms with Crippen LogP contribution in [0.1, 0.15) is 34.6 Å².